The number of methoxy groups -OCH3 is 1. The fourth-order valence-electron chi connectivity index (χ4n) is 4.63. The van der Waals surface area contributed by atoms with Gasteiger partial charge in [0.15, 0.2) is 0 Å². The first-order chi connectivity index (χ1) is 14.4. The molecule has 4 rings (SSSR count). The first-order valence-corrected chi connectivity index (χ1v) is 10.4. The highest BCUT2D eigenvalue weighted by molar-refractivity contribution is 6.31. The zero-order valence-corrected chi connectivity index (χ0v) is 17.7. The van der Waals surface area contributed by atoms with E-state index in [0.717, 1.165) is 11.1 Å². The van der Waals surface area contributed by atoms with Gasteiger partial charge in [0, 0.05) is 36.8 Å². The molecule has 7 nitrogen and oxygen atoms in total. The fourth-order valence-corrected chi connectivity index (χ4v) is 4.81. The van der Waals surface area contributed by atoms with Gasteiger partial charge in [0.25, 0.3) is 0 Å². The van der Waals surface area contributed by atoms with Crippen molar-refractivity contribution in [1.82, 2.24) is 15.8 Å². The quantitative estimate of drug-likeness (QED) is 0.525. The van der Waals surface area contributed by atoms with Crippen molar-refractivity contribution in [3.8, 4) is 11.5 Å². The van der Waals surface area contributed by atoms with E-state index in [1.165, 1.54) is 0 Å². The van der Waals surface area contributed by atoms with Crippen LogP contribution in [-0.2, 0) is 9.53 Å². The van der Waals surface area contributed by atoms with Gasteiger partial charge in [-0.05, 0) is 48.7 Å². The molecule has 2 fully saturated rings. The molecule has 30 heavy (non-hydrogen) atoms. The van der Waals surface area contributed by atoms with Gasteiger partial charge < -0.3 is 19.8 Å². The number of phenolic OH excluding ortho intramolecular Hbond substituents is 2. The molecule has 0 aromatic heterocycles. The number of nitrogens with zero attached hydrogens (tertiary/aromatic N) is 1. The van der Waals surface area contributed by atoms with Crippen LogP contribution >= 0.6 is 11.6 Å². The van der Waals surface area contributed by atoms with E-state index >= 15 is 0 Å². The van der Waals surface area contributed by atoms with Crippen molar-refractivity contribution in [2.24, 2.45) is 5.92 Å². The summed E-state index contributed by atoms with van der Waals surface area (Å²) in [5, 5.41) is 21.2. The molecule has 0 radical (unpaired) electrons. The summed E-state index contributed by atoms with van der Waals surface area (Å²) in [6, 6.07) is 9.33. The number of hydrazine groups is 1. The number of fused-ring (bicyclic) bond motifs is 1. The molecule has 2 aliphatic rings. The Labute approximate surface area is 180 Å². The zero-order valence-electron chi connectivity index (χ0n) is 16.9. The number of hydrogen-bond acceptors (Lipinski definition) is 6. The van der Waals surface area contributed by atoms with Crippen molar-refractivity contribution in [1.29, 1.82) is 0 Å². The normalized spacial score (nSPS) is 25.7. The molecule has 2 aromatic rings. The van der Waals surface area contributed by atoms with Gasteiger partial charge in [0.2, 0.25) is 5.91 Å². The highest BCUT2D eigenvalue weighted by atomic mass is 35.5. The minimum absolute atomic E-state index is 0.0165. The van der Waals surface area contributed by atoms with Crippen molar-refractivity contribution < 1.29 is 19.7 Å². The highest BCUT2D eigenvalue weighted by Gasteiger charge is 2.55. The van der Waals surface area contributed by atoms with Gasteiger partial charge in [-0.25, -0.2) is 10.9 Å². The molecule has 8 heteroatoms. The lowest BCUT2D eigenvalue weighted by Gasteiger charge is -2.31. The van der Waals surface area contributed by atoms with Crippen LogP contribution in [0.2, 0.25) is 5.02 Å². The molecule has 0 aliphatic carbocycles. The number of hydrogen-bond donors (Lipinski definition) is 4. The third-order valence-corrected chi connectivity index (χ3v) is 6.42. The lowest BCUT2D eigenvalue weighted by atomic mass is 9.83. The Morgan fingerprint density at radius 2 is 1.93 bits per heavy atom. The van der Waals surface area contributed by atoms with Crippen LogP contribution in [0, 0.1) is 12.8 Å². The summed E-state index contributed by atoms with van der Waals surface area (Å²) in [5.41, 5.74) is 8.59. The van der Waals surface area contributed by atoms with Crippen LogP contribution in [0.5, 0.6) is 11.5 Å². The summed E-state index contributed by atoms with van der Waals surface area (Å²) >= 11 is 6.34. The maximum atomic E-state index is 13.3. The average molecular weight is 432 g/mol. The first kappa shape index (κ1) is 20.9. The molecule has 4 atom stereocenters. The number of rotatable bonds is 6. The Balaban J connectivity index is 1.76. The summed E-state index contributed by atoms with van der Waals surface area (Å²) in [5.74, 6) is 0.0670. The van der Waals surface area contributed by atoms with Gasteiger partial charge in [-0.15, -0.1) is 0 Å². The molecule has 2 aliphatic heterocycles. The largest absolute Gasteiger partial charge is 0.508 e. The first-order valence-electron chi connectivity index (χ1n) is 10.0. The number of ether oxygens (including phenoxy) is 1. The summed E-state index contributed by atoms with van der Waals surface area (Å²) in [6.45, 7) is 2.92. The number of aromatic hydroxyl groups is 2. The number of halogens is 1. The zero-order chi connectivity index (χ0) is 21.4. The van der Waals surface area contributed by atoms with E-state index < -0.39 is 6.04 Å². The number of carbonyl (C=O) groups is 1. The van der Waals surface area contributed by atoms with Crippen molar-refractivity contribution in [3.63, 3.8) is 0 Å². The van der Waals surface area contributed by atoms with Gasteiger partial charge in [-0.3, -0.25) is 4.79 Å². The van der Waals surface area contributed by atoms with Crippen LogP contribution in [0.3, 0.4) is 0 Å². The van der Waals surface area contributed by atoms with Crippen LogP contribution in [0.25, 0.3) is 0 Å². The van der Waals surface area contributed by atoms with E-state index in [2.05, 4.69) is 10.9 Å². The Kier molecular flexibility index (Phi) is 5.88. The van der Waals surface area contributed by atoms with E-state index in [9.17, 15) is 15.0 Å². The summed E-state index contributed by atoms with van der Waals surface area (Å²) < 4.78 is 5.17. The lowest BCUT2D eigenvalue weighted by Crippen LogP contribution is -2.41. The molecule has 4 N–H and O–H groups in total. The van der Waals surface area contributed by atoms with Crippen molar-refractivity contribution in [3.05, 3.63) is 58.1 Å². The molecular formula is C22H26ClN3O4. The van der Waals surface area contributed by atoms with Gasteiger partial charge in [-0.1, -0.05) is 23.7 Å². The number of carbonyl (C=O) groups excluding carboxylic acids is 1. The Bertz CT molecular complexity index is 954. The second kappa shape index (κ2) is 8.43. The van der Waals surface area contributed by atoms with Gasteiger partial charge >= 0.3 is 0 Å². The molecule has 0 saturated carbocycles. The predicted octanol–water partition coefficient (Wildman–Crippen LogP) is 2.81. The highest BCUT2D eigenvalue weighted by Crippen LogP contribution is 2.49. The van der Waals surface area contributed by atoms with Gasteiger partial charge in [-0.2, -0.15) is 0 Å². The number of nitrogens with one attached hydrogen (secondary N) is 2. The third-order valence-electron chi connectivity index (χ3n) is 6.02. The SMILES string of the molecule is COCCCN1C(=O)C2NNC(c3cc(Cl)c(C)cc3O)C2C1c1cccc(O)c1. The molecule has 2 aromatic carbocycles. The van der Waals surface area contributed by atoms with E-state index in [1.807, 2.05) is 17.9 Å². The minimum atomic E-state index is -0.454. The minimum Gasteiger partial charge on any atom is -0.508 e. The standard InChI is InChI=1S/C22H26ClN3O4/c1-12-9-17(28)15(11-16(12)23)19-18-20(25-24-19)22(29)26(7-4-8-30-2)21(18)13-5-3-6-14(27)10-13/h3,5-6,9-11,18-21,24-25,27-28H,4,7-8H2,1-2H3. The van der Waals surface area contributed by atoms with Crippen LogP contribution < -0.4 is 10.9 Å². The number of likely N-dealkylation sites (tertiary alicyclic amines) is 1. The Hall–Kier alpha value is -2.32. The van der Waals surface area contributed by atoms with Gasteiger partial charge in [0.1, 0.15) is 17.5 Å². The predicted molar refractivity (Wildman–Crippen MR) is 113 cm³/mol. The molecule has 2 heterocycles. The molecule has 160 valence electrons. The van der Waals surface area contributed by atoms with E-state index in [4.69, 9.17) is 16.3 Å². The number of benzene rings is 2. The average Bonchev–Trinajstić information content (AvgIpc) is 3.24. The fraction of sp³-hybridized carbons (Fsp3) is 0.409. The molecular weight excluding hydrogens is 406 g/mol. The molecule has 0 bridgehead atoms. The second-order valence-corrected chi connectivity index (χ2v) is 8.31. The van der Waals surface area contributed by atoms with E-state index in [1.54, 1.807) is 37.4 Å². The van der Waals surface area contributed by atoms with Crippen molar-refractivity contribution in [2.75, 3.05) is 20.3 Å². The topological polar surface area (TPSA) is 94.1 Å². The molecule has 4 unspecified atom stereocenters. The molecule has 2 saturated heterocycles. The summed E-state index contributed by atoms with van der Waals surface area (Å²) in [6.07, 6.45) is 0.705. The van der Waals surface area contributed by atoms with Gasteiger partial charge in [0.05, 0.1) is 12.1 Å². The Morgan fingerprint density at radius 1 is 1.17 bits per heavy atom. The smallest absolute Gasteiger partial charge is 0.242 e. The number of amides is 1. The van der Waals surface area contributed by atoms with Crippen LogP contribution in [0.15, 0.2) is 36.4 Å². The monoisotopic (exact) mass is 431 g/mol. The molecule has 0 spiro atoms. The lowest BCUT2D eigenvalue weighted by molar-refractivity contribution is -0.131. The van der Waals surface area contributed by atoms with E-state index in [-0.39, 0.29) is 35.4 Å². The van der Waals surface area contributed by atoms with Crippen molar-refractivity contribution >= 4 is 17.5 Å². The second-order valence-electron chi connectivity index (χ2n) is 7.90. The van der Waals surface area contributed by atoms with Crippen LogP contribution in [-0.4, -0.2) is 47.3 Å². The van der Waals surface area contributed by atoms with Crippen LogP contribution in [0.4, 0.5) is 0 Å². The maximum Gasteiger partial charge on any atom is 0.242 e. The number of aryl methyl sites for hydroxylation is 1. The molecule has 1 amide bonds. The van der Waals surface area contributed by atoms with Crippen LogP contribution in [0.1, 0.15) is 35.2 Å². The summed E-state index contributed by atoms with van der Waals surface area (Å²) in [7, 11) is 1.64. The number of phenols is 2. The van der Waals surface area contributed by atoms with Crippen molar-refractivity contribution in [2.45, 2.75) is 31.5 Å². The summed E-state index contributed by atoms with van der Waals surface area (Å²) in [4.78, 5) is 15.1. The Morgan fingerprint density at radius 3 is 2.67 bits per heavy atom. The third kappa shape index (κ3) is 3.63. The van der Waals surface area contributed by atoms with E-state index in [0.29, 0.717) is 30.2 Å². The maximum absolute atomic E-state index is 13.3.